The molecule has 8 aromatic rings. The lowest BCUT2D eigenvalue weighted by molar-refractivity contribution is 0.948. The maximum Gasteiger partial charge on any atom is 0.192 e. The van der Waals surface area contributed by atoms with Gasteiger partial charge in [-0.25, -0.2) is 15.0 Å². The average molecular weight is 571 g/mol. The molecule has 42 heavy (non-hydrogen) atoms. The molecular weight excluding hydrogens is 548 g/mol. The molecule has 0 fully saturated rings. The van der Waals surface area contributed by atoms with Gasteiger partial charge in [-0.15, -0.1) is 0 Å². The lowest BCUT2D eigenvalue weighted by Crippen LogP contribution is -2.04. The van der Waals surface area contributed by atoms with Crippen molar-refractivity contribution in [1.82, 2.24) is 39.0 Å². The Morgan fingerprint density at radius 1 is 0.714 bits per heavy atom. The van der Waals surface area contributed by atoms with Crippen molar-refractivity contribution < 1.29 is 0 Å². The summed E-state index contributed by atoms with van der Waals surface area (Å²) in [4.78, 5) is 37.3. The highest BCUT2D eigenvalue weighted by molar-refractivity contribution is 6.37. The summed E-state index contributed by atoms with van der Waals surface area (Å²) in [5.74, 6) is 0. The summed E-state index contributed by atoms with van der Waals surface area (Å²) < 4.78 is 3.88. The Labute approximate surface area is 244 Å². The summed E-state index contributed by atoms with van der Waals surface area (Å²) in [5.41, 5.74) is 8.77. The number of hydrogen-bond acceptors (Lipinski definition) is 6. The fraction of sp³-hybridized carbons (Fsp3) is 0.0625. The minimum atomic E-state index is -0.0279. The third-order valence-corrected chi connectivity index (χ3v) is 7.57. The van der Waals surface area contributed by atoms with Crippen LogP contribution < -0.4 is 5.43 Å². The minimum absolute atomic E-state index is 0.0279. The van der Waals surface area contributed by atoms with Gasteiger partial charge in [-0.1, -0.05) is 11.6 Å². The number of rotatable bonds is 2. The molecule has 0 bridgehead atoms. The molecule has 0 aliphatic heterocycles. The van der Waals surface area contributed by atoms with E-state index >= 15 is 0 Å². The van der Waals surface area contributed by atoms with Gasteiger partial charge in [0, 0.05) is 67.2 Å². The Morgan fingerprint density at radius 2 is 1.31 bits per heavy atom. The number of imidazole rings is 2. The van der Waals surface area contributed by atoms with Gasteiger partial charge in [-0.05, 0) is 54.6 Å². The molecule has 0 unspecified atom stereocenters. The highest BCUT2D eigenvalue weighted by Gasteiger charge is 2.13. The van der Waals surface area contributed by atoms with E-state index < -0.39 is 0 Å². The number of nitrogens with one attached hydrogen (secondary N) is 1. The minimum Gasteiger partial charge on any atom is -0.354 e. The third-order valence-electron chi connectivity index (χ3n) is 7.27. The molecule has 2 aromatic carbocycles. The summed E-state index contributed by atoms with van der Waals surface area (Å²) in [6, 6.07) is 19.0. The van der Waals surface area contributed by atoms with Crippen molar-refractivity contribution in [3.8, 4) is 22.5 Å². The van der Waals surface area contributed by atoms with Crippen LogP contribution in [0.2, 0.25) is 5.02 Å². The second kappa shape index (κ2) is 10.2. The molecule has 0 spiro atoms. The molecule has 6 heterocycles. The fourth-order valence-electron chi connectivity index (χ4n) is 5.17. The van der Waals surface area contributed by atoms with E-state index in [0.717, 1.165) is 61.0 Å². The van der Waals surface area contributed by atoms with E-state index in [-0.39, 0.29) is 5.43 Å². The molecule has 10 heteroatoms. The summed E-state index contributed by atoms with van der Waals surface area (Å²) in [5, 5.41) is 2.19. The largest absolute Gasteiger partial charge is 0.354 e. The van der Waals surface area contributed by atoms with Crippen LogP contribution in [0.25, 0.3) is 66.4 Å². The van der Waals surface area contributed by atoms with Gasteiger partial charge in [0.05, 0.1) is 56.3 Å². The van der Waals surface area contributed by atoms with Crippen LogP contribution in [0, 0.1) is 0 Å². The molecule has 0 radical (unpaired) electrons. The molecule has 0 aliphatic rings. The second-order valence-corrected chi connectivity index (χ2v) is 10.3. The van der Waals surface area contributed by atoms with Crippen LogP contribution in [0.15, 0.2) is 103 Å². The summed E-state index contributed by atoms with van der Waals surface area (Å²) in [6.45, 7) is 0. The van der Waals surface area contributed by atoms with E-state index in [1.54, 1.807) is 43.5 Å². The van der Waals surface area contributed by atoms with Gasteiger partial charge in [-0.2, -0.15) is 0 Å². The Hall–Kier alpha value is -5.41. The predicted octanol–water partition coefficient (Wildman–Crippen LogP) is 6.31. The van der Waals surface area contributed by atoms with E-state index in [2.05, 4.69) is 24.9 Å². The van der Waals surface area contributed by atoms with Crippen molar-refractivity contribution in [2.45, 2.75) is 0 Å². The lowest BCUT2D eigenvalue weighted by atomic mass is 10.1. The van der Waals surface area contributed by atoms with Crippen LogP contribution >= 0.6 is 11.6 Å². The van der Waals surface area contributed by atoms with E-state index in [1.165, 1.54) is 0 Å². The predicted molar refractivity (Wildman–Crippen MR) is 166 cm³/mol. The Bertz CT molecular complexity index is 2310. The van der Waals surface area contributed by atoms with Crippen molar-refractivity contribution in [2.24, 2.45) is 14.1 Å². The molecule has 9 nitrogen and oxygen atoms in total. The SMILES string of the molecule is Cn1cnc2c3c(=O)cc(-c4ccncc4)[nH]c3ccc21.Cn1cnc2c3c(Cl)cc(-c4ccncc4)nc3ccc21. The van der Waals surface area contributed by atoms with Gasteiger partial charge in [-0.3, -0.25) is 14.8 Å². The number of benzene rings is 2. The number of aryl methyl sites for hydroxylation is 2. The number of pyridine rings is 4. The molecule has 8 rings (SSSR count). The van der Waals surface area contributed by atoms with E-state index in [9.17, 15) is 4.79 Å². The lowest BCUT2D eigenvalue weighted by Gasteiger charge is -2.06. The van der Waals surface area contributed by atoms with Crippen molar-refractivity contribution in [2.75, 3.05) is 0 Å². The van der Waals surface area contributed by atoms with Crippen LogP contribution in [-0.2, 0) is 14.1 Å². The van der Waals surface area contributed by atoms with Gasteiger partial charge in [0.2, 0.25) is 0 Å². The number of aromatic amines is 1. The summed E-state index contributed by atoms with van der Waals surface area (Å²) >= 11 is 6.50. The van der Waals surface area contributed by atoms with Crippen LogP contribution in [0.5, 0.6) is 0 Å². The van der Waals surface area contributed by atoms with E-state index in [0.29, 0.717) is 10.4 Å². The average Bonchev–Trinajstić information content (AvgIpc) is 3.59. The van der Waals surface area contributed by atoms with Crippen LogP contribution in [-0.4, -0.2) is 39.0 Å². The number of halogens is 1. The van der Waals surface area contributed by atoms with Gasteiger partial charge in [0.25, 0.3) is 0 Å². The molecule has 204 valence electrons. The molecule has 0 amide bonds. The Morgan fingerprint density at radius 3 is 1.98 bits per heavy atom. The third kappa shape index (κ3) is 4.36. The maximum absolute atomic E-state index is 12.5. The standard InChI is InChI=1S/C16H11ClN4.C16H12N4O/c1-21-9-19-16-14(21)3-2-12-15(16)11(17)8-13(20-12)10-4-6-18-7-5-10;1-20-9-18-16-13(20)3-2-11-15(16)14(21)8-12(19-11)10-4-6-17-7-5-10/h2-9H,1H3;2-9H,1H3,(H,19,21). The summed E-state index contributed by atoms with van der Waals surface area (Å²) in [7, 11) is 3.88. The first-order valence-electron chi connectivity index (χ1n) is 13.2. The zero-order valence-electron chi connectivity index (χ0n) is 22.7. The smallest absolute Gasteiger partial charge is 0.192 e. The van der Waals surface area contributed by atoms with Crippen molar-refractivity contribution in [3.05, 3.63) is 113 Å². The molecule has 1 N–H and O–H groups in total. The molecule has 6 aromatic heterocycles. The fourth-order valence-corrected chi connectivity index (χ4v) is 5.46. The first-order chi connectivity index (χ1) is 20.5. The highest BCUT2D eigenvalue weighted by atomic mass is 35.5. The first kappa shape index (κ1) is 25.6. The van der Waals surface area contributed by atoms with Gasteiger partial charge in [0.15, 0.2) is 5.43 Å². The normalized spacial score (nSPS) is 11.3. The molecule has 0 saturated heterocycles. The van der Waals surface area contributed by atoms with Crippen molar-refractivity contribution >= 4 is 55.5 Å². The number of H-pyrrole nitrogens is 1. The zero-order valence-corrected chi connectivity index (χ0v) is 23.4. The van der Waals surface area contributed by atoms with Gasteiger partial charge >= 0.3 is 0 Å². The first-order valence-corrected chi connectivity index (χ1v) is 13.5. The van der Waals surface area contributed by atoms with E-state index in [4.69, 9.17) is 16.6 Å². The quantitative estimate of drug-likeness (QED) is 0.261. The molecule has 0 saturated carbocycles. The topological polar surface area (TPSA) is 107 Å². The highest BCUT2D eigenvalue weighted by Crippen LogP contribution is 2.32. The van der Waals surface area contributed by atoms with E-state index in [1.807, 2.05) is 77.8 Å². The number of fused-ring (bicyclic) bond motifs is 6. The van der Waals surface area contributed by atoms with Gasteiger partial charge < -0.3 is 14.1 Å². The molecule has 0 atom stereocenters. The number of aromatic nitrogens is 8. The maximum atomic E-state index is 12.5. The van der Waals surface area contributed by atoms with Gasteiger partial charge in [0.1, 0.15) is 5.52 Å². The Kier molecular flexibility index (Phi) is 6.21. The molecular formula is C32H23ClN8O. The summed E-state index contributed by atoms with van der Waals surface area (Å²) in [6.07, 6.45) is 10.4. The number of hydrogen-bond donors (Lipinski definition) is 1. The molecule has 0 aliphatic carbocycles. The van der Waals surface area contributed by atoms with Crippen LogP contribution in [0.4, 0.5) is 0 Å². The zero-order chi connectivity index (χ0) is 28.8. The second-order valence-electron chi connectivity index (χ2n) is 9.90. The van der Waals surface area contributed by atoms with Crippen molar-refractivity contribution in [1.29, 1.82) is 0 Å². The Balaban J connectivity index is 0.000000137. The monoisotopic (exact) mass is 570 g/mol. The van der Waals surface area contributed by atoms with Crippen LogP contribution in [0.1, 0.15) is 0 Å². The van der Waals surface area contributed by atoms with Crippen molar-refractivity contribution in [3.63, 3.8) is 0 Å². The van der Waals surface area contributed by atoms with Crippen LogP contribution in [0.3, 0.4) is 0 Å². The number of nitrogens with zero attached hydrogens (tertiary/aromatic N) is 7.